The molecule has 0 aliphatic carbocycles. The van der Waals surface area contributed by atoms with Crippen LogP contribution in [0.15, 0.2) is 33.0 Å². The van der Waals surface area contributed by atoms with E-state index in [0.29, 0.717) is 29.9 Å². The van der Waals surface area contributed by atoms with Crippen molar-refractivity contribution in [1.82, 2.24) is 25.0 Å². The van der Waals surface area contributed by atoms with E-state index in [1.165, 1.54) is 22.4 Å². The van der Waals surface area contributed by atoms with E-state index < -0.39 is 11.5 Å². The van der Waals surface area contributed by atoms with Gasteiger partial charge in [0.1, 0.15) is 11.4 Å². The first-order valence-corrected chi connectivity index (χ1v) is 9.02. The van der Waals surface area contributed by atoms with E-state index in [4.69, 9.17) is 4.52 Å². The van der Waals surface area contributed by atoms with Gasteiger partial charge in [0.05, 0.1) is 11.4 Å². The van der Waals surface area contributed by atoms with E-state index in [0.717, 1.165) is 4.88 Å². The first kappa shape index (κ1) is 18.0. The lowest BCUT2D eigenvalue weighted by Crippen LogP contribution is -2.32. The molecule has 0 saturated heterocycles. The van der Waals surface area contributed by atoms with Gasteiger partial charge in [0, 0.05) is 19.7 Å². The lowest BCUT2D eigenvalue weighted by Gasteiger charge is -2.14. The molecule has 136 valence electrons. The van der Waals surface area contributed by atoms with Crippen LogP contribution in [-0.4, -0.2) is 38.0 Å². The molecule has 0 aliphatic rings. The fraction of sp³-hybridized carbons (Fsp3) is 0.353. The monoisotopic (exact) mass is 373 g/mol. The Balaban J connectivity index is 1.72. The molecule has 9 heteroatoms. The zero-order chi connectivity index (χ0) is 18.7. The van der Waals surface area contributed by atoms with Crippen LogP contribution >= 0.6 is 11.3 Å². The third kappa shape index (κ3) is 4.05. The summed E-state index contributed by atoms with van der Waals surface area (Å²) in [5, 5.41) is 5.76. The smallest absolute Gasteiger partial charge is 0.264 e. The summed E-state index contributed by atoms with van der Waals surface area (Å²) in [4.78, 5) is 38.1. The molecule has 0 aliphatic heterocycles. The van der Waals surface area contributed by atoms with E-state index in [1.54, 1.807) is 7.05 Å². The molecule has 0 unspecified atom stereocenters. The Morgan fingerprint density at radius 2 is 2.23 bits per heavy atom. The molecule has 3 aromatic rings. The highest BCUT2D eigenvalue weighted by Crippen LogP contribution is 2.19. The minimum atomic E-state index is -0.478. The molecule has 26 heavy (non-hydrogen) atoms. The number of aromatic nitrogens is 4. The number of nitrogens with one attached hydrogen (secondary N) is 1. The van der Waals surface area contributed by atoms with E-state index in [2.05, 4.69) is 34.0 Å². The highest BCUT2D eigenvalue weighted by molar-refractivity contribution is 7.13. The van der Waals surface area contributed by atoms with Gasteiger partial charge < -0.3 is 14.4 Å². The summed E-state index contributed by atoms with van der Waals surface area (Å²) >= 11 is 1.46. The summed E-state index contributed by atoms with van der Waals surface area (Å²) in [6.07, 6.45) is 1.98. The topological polar surface area (TPSA) is 105 Å². The van der Waals surface area contributed by atoms with E-state index in [-0.39, 0.29) is 12.1 Å². The Hall–Kier alpha value is -2.81. The molecule has 0 saturated carbocycles. The van der Waals surface area contributed by atoms with Gasteiger partial charge in [0.15, 0.2) is 5.82 Å². The van der Waals surface area contributed by atoms with Gasteiger partial charge in [-0.25, -0.2) is 4.98 Å². The fourth-order valence-electron chi connectivity index (χ4n) is 2.36. The molecule has 0 atom stereocenters. The molecule has 8 nitrogen and oxygen atoms in total. The van der Waals surface area contributed by atoms with Gasteiger partial charge in [-0.2, -0.15) is 4.98 Å². The highest BCUT2D eigenvalue weighted by atomic mass is 32.1. The number of H-pyrrole nitrogens is 1. The minimum Gasteiger partial charge on any atom is -0.339 e. The molecule has 0 spiro atoms. The number of nitrogens with zero attached hydrogens (tertiary/aromatic N) is 4. The Morgan fingerprint density at radius 1 is 1.42 bits per heavy atom. The summed E-state index contributed by atoms with van der Waals surface area (Å²) in [7, 11) is 1.58. The summed E-state index contributed by atoms with van der Waals surface area (Å²) < 4.78 is 5.16. The van der Waals surface area contributed by atoms with Crippen molar-refractivity contribution in [1.29, 1.82) is 0 Å². The molecule has 3 aromatic heterocycles. The first-order chi connectivity index (χ1) is 12.4. The Labute approximate surface area is 153 Å². The van der Waals surface area contributed by atoms with Crippen molar-refractivity contribution in [2.45, 2.75) is 26.8 Å². The van der Waals surface area contributed by atoms with Crippen LogP contribution in [-0.2, 0) is 13.0 Å². The van der Waals surface area contributed by atoms with Crippen molar-refractivity contribution in [2.75, 3.05) is 7.05 Å². The minimum absolute atomic E-state index is 0.0290. The zero-order valence-corrected chi connectivity index (χ0v) is 15.5. The Bertz CT molecular complexity index is 945. The molecule has 0 aromatic carbocycles. The predicted molar refractivity (Wildman–Crippen MR) is 96.8 cm³/mol. The molecular weight excluding hydrogens is 354 g/mol. The molecule has 1 amide bonds. The maximum atomic E-state index is 12.5. The van der Waals surface area contributed by atoms with Gasteiger partial charge in [-0.15, -0.1) is 11.3 Å². The first-order valence-electron chi connectivity index (χ1n) is 8.14. The number of thiophene rings is 1. The van der Waals surface area contributed by atoms with Crippen molar-refractivity contribution in [3.63, 3.8) is 0 Å². The number of carbonyl (C=O) groups is 1. The molecule has 1 N–H and O–H groups in total. The molecule has 0 bridgehead atoms. The number of aromatic amines is 1. The normalized spacial score (nSPS) is 11.1. The van der Waals surface area contributed by atoms with Crippen LogP contribution in [0.3, 0.4) is 0 Å². The largest absolute Gasteiger partial charge is 0.339 e. The lowest BCUT2D eigenvalue weighted by molar-refractivity contribution is 0.0778. The van der Waals surface area contributed by atoms with Crippen LogP contribution in [0.2, 0.25) is 0 Å². The molecule has 3 rings (SSSR count). The Kier molecular flexibility index (Phi) is 5.27. The predicted octanol–water partition coefficient (Wildman–Crippen LogP) is 2.35. The van der Waals surface area contributed by atoms with E-state index in [1.807, 2.05) is 17.5 Å². The quantitative estimate of drug-likeness (QED) is 0.711. The summed E-state index contributed by atoms with van der Waals surface area (Å²) in [6, 6.07) is 3.72. The number of carbonyl (C=O) groups excluding carboxylic acids is 1. The van der Waals surface area contributed by atoms with E-state index >= 15 is 0 Å². The maximum Gasteiger partial charge on any atom is 0.264 e. The fourth-order valence-corrected chi connectivity index (χ4v) is 3.04. The van der Waals surface area contributed by atoms with Crippen LogP contribution < -0.4 is 5.56 Å². The number of hydrogen-bond acceptors (Lipinski definition) is 7. The zero-order valence-electron chi connectivity index (χ0n) is 14.7. The van der Waals surface area contributed by atoms with Crippen LogP contribution in [0.1, 0.15) is 35.9 Å². The second-order valence-electron chi connectivity index (χ2n) is 6.32. The summed E-state index contributed by atoms with van der Waals surface area (Å²) in [5.74, 6) is 1.33. The Morgan fingerprint density at radius 3 is 2.88 bits per heavy atom. The average Bonchev–Trinajstić information content (AvgIpc) is 3.25. The standard InChI is InChI=1S/C17H19N5O3S/c1-10(2)7-14-19-13(21-25-14)9-22(3)17(24)11-8-18-15(20-16(11)23)12-5-4-6-26-12/h4-6,8,10H,7,9H2,1-3H3,(H,18,20,23). The van der Waals surface area contributed by atoms with Crippen molar-refractivity contribution in [3.8, 4) is 10.7 Å². The average molecular weight is 373 g/mol. The van der Waals surface area contributed by atoms with Crippen LogP contribution in [0, 0.1) is 5.92 Å². The second-order valence-corrected chi connectivity index (χ2v) is 7.26. The van der Waals surface area contributed by atoms with Gasteiger partial charge in [-0.05, 0) is 17.4 Å². The van der Waals surface area contributed by atoms with Crippen molar-refractivity contribution >= 4 is 17.2 Å². The van der Waals surface area contributed by atoms with Gasteiger partial charge in [0.2, 0.25) is 5.89 Å². The van der Waals surface area contributed by atoms with Crippen molar-refractivity contribution < 1.29 is 9.32 Å². The SMILES string of the molecule is CC(C)Cc1nc(CN(C)C(=O)c2cnc(-c3cccs3)[nH]c2=O)no1. The van der Waals surface area contributed by atoms with Gasteiger partial charge in [0.25, 0.3) is 11.5 Å². The number of hydrogen-bond donors (Lipinski definition) is 1. The number of rotatable bonds is 6. The summed E-state index contributed by atoms with van der Waals surface area (Å²) in [6.45, 7) is 4.25. The van der Waals surface area contributed by atoms with Crippen LogP contribution in [0.25, 0.3) is 10.7 Å². The molecule has 3 heterocycles. The van der Waals surface area contributed by atoms with Crippen LogP contribution in [0.4, 0.5) is 0 Å². The molecule has 0 radical (unpaired) electrons. The van der Waals surface area contributed by atoms with Gasteiger partial charge in [-0.1, -0.05) is 25.1 Å². The molecule has 0 fully saturated rings. The lowest BCUT2D eigenvalue weighted by atomic mass is 10.1. The summed E-state index contributed by atoms with van der Waals surface area (Å²) in [5.41, 5.74) is -0.507. The van der Waals surface area contributed by atoms with Gasteiger partial charge in [-0.3, -0.25) is 9.59 Å². The van der Waals surface area contributed by atoms with Crippen molar-refractivity contribution in [2.24, 2.45) is 5.92 Å². The van der Waals surface area contributed by atoms with Crippen LogP contribution in [0.5, 0.6) is 0 Å². The van der Waals surface area contributed by atoms with Gasteiger partial charge >= 0.3 is 0 Å². The number of amides is 1. The van der Waals surface area contributed by atoms with E-state index in [9.17, 15) is 9.59 Å². The third-order valence-electron chi connectivity index (χ3n) is 3.60. The maximum absolute atomic E-state index is 12.5. The highest BCUT2D eigenvalue weighted by Gasteiger charge is 2.19. The molecular formula is C17H19N5O3S. The third-order valence-corrected chi connectivity index (χ3v) is 4.48. The second kappa shape index (κ2) is 7.61. The van der Waals surface area contributed by atoms with Crippen molar-refractivity contribution in [3.05, 3.63) is 51.3 Å².